The zero-order valence-corrected chi connectivity index (χ0v) is 20.2. The molecule has 0 aliphatic carbocycles. The summed E-state index contributed by atoms with van der Waals surface area (Å²) < 4.78 is 0. The summed E-state index contributed by atoms with van der Waals surface area (Å²) in [5, 5.41) is 11.4. The minimum atomic E-state index is -0.0966. The third-order valence-corrected chi connectivity index (χ3v) is 5.97. The fourth-order valence-corrected chi connectivity index (χ4v) is 4.31. The molecule has 10 nitrogen and oxygen atoms in total. The highest BCUT2D eigenvalue weighted by Crippen LogP contribution is 2.32. The summed E-state index contributed by atoms with van der Waals surface area (Å²) in [5.41, 5.74) is 7.40. The first-order valence-corrected chi connectivity index (χ1v) is 11.7. The van der Waals surface area contributed by atoms with Crippen LogP contribution in [0.1, 0.15) is 0 Å². The van der Waals surface area contributed by atoms with E-state index in [4.69, 9.17) is 4.98 Å². The number of amides is 1. The smallest absolute Gasteiger partial charge is 0.238 e. The Hall–Kier alpha value is -4.96. The fraction of sp³-hybridized carbons (Fsp3) is 0.111. The number of carbonyl (C=O) groups is 1. The van der Waals surface area contributed by atoms with Gasteiger partial charge in [-0.05, 0) is 50.0 Å². The number of pyridine rings is 3. The van der Waals surface area contributed by atoms with Crippen molar-refractivity contribution in [1.29, 1.82) is 0 Å². The van der Waals surface area contributed by atoms with Crippen molar-refractivity contribution in [2.24, 2.45) is 0 Å². The number of nitrogens with one attached hydrogen (secondary N) is 3. The van der Waals surface area contributed by atoms with Gasteiger partial charge in [0.1, 0.15) is 5.69 Å². The van der Waals surface area contributed by atoms with E-state index in [0.29, 0.717) is 29.4 Å². The molecule has 37 heavy (non-hydrogen) atoms. The molecule has 0 aliphatic rings. The van der Waals surface area contributed by atoms with Crippen LogP contribution in [0.4, 0.5) is 5.69 Å². The topological polar surface area (TPSA) is 128 Å². The molecule has 5 aromatic heterocycles. The van der Waals surface area contributed by atoms with Crippen molar-refractivity contribution in [3.05, 3.63) is 73.4 Å². The molecule has 6 aromatic rings. The van der Waals surface area contributed by atoms with E-state index in [1.807, 2.05) is 67.7 Å². The normalized spacial score (nSPS) is 11.4. The van der Waals surface area contributed by atoms with Crippen LogP contribution in [0.25, 0.3) is 55.8 Å². The molecular formula is C27H23N9O. The van der Waals surface area contributed by atoms with E-state index in [0.717, 1.165) is 38.7 Å². The first kappa shape index (κ1) is 22.5. The van der Waals surface area contributed by atoms with Crippen molar-refractivity contribution in [3.8, 4) is 33.8 Å². The Labute approximate surface area is 211 Å². The molecule has 0 radical (unpaired) electrons. The molecule has 0 unspecified atom stereocenters. The number of likely N-dealkylation sites (N-methyl/N-ethyl adjacent to an activating group) is 1. The number of benzene rings is 1. The molecule has 1 amide bonds. The van der Waals surface area contributed by atoms with Gasteiger partial charge in [0, 0.05) is 46.9 Å². The number of fused-ring (bicyclic) bond motifs is 2. The quantitative estimate of drug-likeness (QED) is 0.321. The third kappa shape index (κ3) is 4.41. The zero-order chi connectivity index (χ0) is 25.4. The highest BCUT2D eigenvalue weighted by Gasteiger charge is 2.16. The second-order valence-electron chi connectivity index (χ2n) is 8.97. The SMILES string of the molecule is CN(C)CC(=O)Nc1cncc(-c2ccc3[nH]nc(-c4nc5nccc(-c6cccnc6)c5[nH]4)c3c2)c1. The van der Waals surface area contributed by atoms with Crippen LogP contribution in [0.3, 0.4) is 0 Å². The lowest BCUT2D eigenvalue weighted by Crippen LogP contribution is -2.27. The van der Waals surface area contributed by atoms with Gasteiger partial charge in [-0.2, -0.15) is 5.10 Å². The van der Waals surface area contributed by atoms with E-state index in [9.17, 15) is 4.79 Å². The summed E-state index contributed by atoms with van der Waals surface area (Å²) in [6, 6.07) is 13.8. The van der Waals surface area contributed by atoms with Gasteiger partial charge in [-0.1, -0.05) is 12.1 Å². The van der Waals surface area contributed by atoms with Crippen molar-refractivity contribution in [2.75, 3.05) is 26.0 Å². The molecule has 182 valence electrons. The van der Waals surface area contributed by atoms with Crippen molar-refractivity contribution in [1.82, 2.24) is 40.0 Å². The Balaban J connectivity index is 1.38. The summed E-state index contributed by atoms with van der Waals surface area (Å²) in [6.45, 7) is 0.295. The number of nitrogens with zero attached hydrogens (tertiary/aromatic N) is 6. The molecule has 10 heteroatoms. The molecule has 0 saturated carbocycles. The zero-order valence-electron chi connectivity index (χ0n) is 20.2. The van der Waals surface area contributed by atoms with Crippen molar-refractivity contribution < 1.29 is 4.79 Å². The molecule has 0 saturated heterocycles. The maximum absolute atomic E-state index is 12.2. The largest absolute Gasteiger partial charge is 0.335 e. The lowest BCUT2D eigenvalue weighted by atomic mass is 10.0. The number of carbonyl (C=O) groups excluding carboxylic acids is 1. The number of H-pyrrole nitrogens is 2. The van der Waals surface area contributed by atoms with Gasteiger partial charge in [0.15, 0.2) is 11.5 Å². The van der Waals surface area contributed by atoms with E-state index < -0.39 is 0 Å². The Morgan fingerprint density at radius 3 is 2.70 bits per heavy atom. The minimum absolute atomic E-state index is 0.0966. The Morgan fingerprint density at radius 1 is 0.973 bits per heavy atom. The fourth-order valence-electron chi connectivity index (χ4n) is 4.31. The number of rotatable bonds is 6. The van der Waals surface area contributed by atoms with Crippen LogP contribution in [0.15, 0.2) is 73.4 Å². The summed E-state index contributed by atoms with van der Waals surface area (Å²) in [7, 11) is 3.70. The second-order valence-corrected chi connectivity index (χ2v) is 8.97. The van der Waals surface area contributed by atoms with Gasteiger partial charge >= 0.3 is 0 Å². The van der Waals surface area contributed by atoms with Crippen LogP contribution in [-0.4, -0.2) is 66.6 Å². The molecule has 6 rings (SSSR count). The standard InChI is InChI=1S/C27H23N9O/c1-36(2)15-23(37)31-19-10-18(13-29-14-19)16-5-6-22-21(11-16)25(35-34-22)27-32-24-20(7-9-30-26(24)33-27)17-4-3-8-28-12-17/h3-14H,15H2,1-2H3,(H,31,37)(H,34,35)(H,30,32,33). The number of aromatic nitrogens is 7. The summed E-state index contributed by atoms with van der Waals surface area (Å²) in [4.78, 5) is 35.2. The molecule has 1 aromatic carbocycles. The predicted octanol–water partition coefficient (Wildman–Crippen LogP) is 4.13. The predicted molar refractivity (Wildman–Crippen MR) is 143 cm³/mol. The van der Waals surface area contributed by atoms with Crippen LogP contribution in [-0.2, 0) is 4.79 Å². The highest BCUT2D eigenvalue weighted by atomic mass is 16.2. The van der Waals surface area contributed by atoms with E-state index in [1.165, 1.54) is 0 Å². The molecule has 0 bridgehead atoms. The summed E-state index contributed by atoms with van der Waals surface area (Å²) in [5.74, 6) is 0.519. The maximum Gasteiger partial charge on any atom is 0.238 e. The van der Waals surface area contributed by atoms with E-state index in [-0.39, 0.29) is 5.91 Å². The van der Waals surface area contributed by atoms with Crippen molar-refractivity contribution >= 4 is 33.7 Å². The number of imidazole rings is 1. The number of hydrogen-bond donors (Lipinski definition) is 3. The monoisotopic (exact) mass is 489 g/mol. The molecule has 0 aliphatic heterocycles. The van der Waals surface area contributed by atoms with Crippen LogP contribution < -0.4 is 5.32 Å². The Bertz CT molecular complexity index is 1740. The van der Waals surface area contributed by atoms with Gasteiger partial charge in [-0.3, -0.25) is 19.9 Å². The Kier molecular flexibility index (Phi) is 5.62. The van der Waals surface area contributed by atoms with Crippen LogP contribution in [0.2, 0.25) is 0 Å². The first-order valence-electron chi connectivity index (χ1n) is 11.7. The Morgan fingerprint density at radius 2 is 1.86 bits per heavy atom. The average molecular weight is 490 g/mol. The highest BCUT2D eigenvalue weighted by molar-refractivity contribution is 5.98. The summed E-state index contributed by atoms with van der Waals surface area (Å²) in [6.07, 6.45) is 8.72. The lowest BCUT2D eigenvalue weighted by molar-refractivity contribution is -0.116. The van der Waals surface area contributed by atoms with Gasteiger partial charge in [0.2, 0.25) is 5.91 Å². The summed E-state index contributed by atoms with van der Waals surface area (Å²) >= 11 is 0. The second kappa shape index (κ2) is 9.25. The number of hydrogen-bond acceptors (Lipinski definition) is 7. The van der Waals surface area contributed by atoms with E-state index in [2.05, 4.69) is 35.5 Å². The van der Waals surface area contributed by atoms with E-state index in [1.54, 1.807) is 24.8 Å². The van der Waals surface area contributed by atoms with Gasteiger partial charge < -0.3 is 15.2 Å². The van der Waals surface area contributed by atoms with Crippen molar-refractivity contribution in [2.45, 2.75) is 0 Å². The third-order valence-electron chi connectivity index (χ3n) is 5.97. The molecule has 0 fully saturated rings. The number of anilines is 1. The first-order chi connectivity index (χ1) is 18.0. The van der Waals surface area contributed by atoms with Gasteiger partial charge in [-0.25, -0.2) is 9.97 Å². The van der Waals surface area contributed by atoms with Gasteiger partial charge in [0.05, 0.1) is 29.5 Å². The van der Waals surface area contributed by atoms with Crippen molar-refractivity contribution in [3.63, 3.8) is 0 Å². The lowest BCUT2D eigenvalue weighted by Gasteiger charge is -2.11. The minimum Gasteiger partial charge on any atom is -0.335 e. The van der Waals surface area contributed by atoms with E-state index >= 15 is 0 Å². The molecule has 0 spiro atoms. The molecule has 3 N–H and O–H groups in total. The van der Waals surface area contributed by atoms with Crippen LogP contribution in [0, 0.1) is 0 Å². The molecule has 0 atom stereocenters. The molecular weight excluding hydrogens is 466 g/mol. The van der Waals surface area contributed by atoms with Gasteiger partial charge in [0.25, 0.3) is 0 Å². The average Bonchev–Trinajstić information content (AvgIpc) is 3.52. The van der Waals surface area contributed by atoms with Crippen LogP contribution in [0.5, 0.6) is 0 Å². The maximum atomic E-state index is 12.2. The van der Waals surface area contributed by atoms with Crippen LogP contribution >= 0.6 is 0 Å². The van der Waals surface area contributed by atoms with Gasteiger partial charge in [-0.15, -0.1) is 0 Å². The number of aromatic amines is 2. The molecule has 5 heterocycles.